The summed E-state index contributed by atoms with van der Waals surface area (Å²) in [6.07, 6.45) is 0. The lowest BCUT2D eigenvalue weighted by atomic mass is 10.3. The molecule has 0 aromatic rings. The van der Waals surface area contributed by atoms with Crippen molar-refractivity contribution in [2.75, 3.05) is 6.67 Å². The predicted octanol–water partition coefficient (Wildman–Crippen LogP) is 2.13. The molecule has 6 heavy (non-hydrogen) atoms. The second-order valence-corrected chi connectivity index (χ2v) is 4.00. The van der Waals surface area contributed by atoms with Crippen LogP contribution in [0.15, 0.2) is 0 Å². The van der Waals surface area contributed by atoms with Gasteiger partial charge in [0.25, 0.3) is 0 Å². The van der Waals surface area contributed by atoms with E-state index in [1.54, 1.807) is 13.8 Å². The van der Waals surface area contributed by atoms with Gasteiger partial charge in [-0.1, -0.05) is 15.9 Å². The first-order valence-corrected chi connectivity index (χ1v) is 2.60. The van der Waals surface area contributed by atoms with Crippen LogP contribution in [-0.4, -0.2) is 11.0 Å². The molecule has 0 rings (SSSR count). The first-order chi connectivity index (χ1) is 2.56. The summed E-state index contributed by atoms with van der Waals surface area (Å²) in [5, 5.41) is 0. The van der Waals surface area contributed by atoms with Crippen LogP contribution in [0.1, 0.15) is 13.8 Å². The first kappa shape index (κ1) is 6.41. The standard InChI is InChI=1S/C4H8BrF/c1-4(2,5)3-6/h3H2,1-2H3. The van der Waals surface area contributed by atoms with Crippen LogP contribution < -0.4 is 0 Å². The Morgan fingerprint density at radius 2 is 1.83 bits per heavy atom. The monoisotopic (exact) mass is 154 g/mol. The molecule has 0 aliphatic heterocycles. The van der Waals surface area contributed by atoms with E-state index < -0.39 is 0 Å². The van der Waals surface area contributed by atoms with Gasteiger partial charge >= 0.3 is 0 Å². The highest BCUT2D eigenvalue weighted by atomic mass is 79.9. The van der Waals surface area contributed by atoms with E-state index in [2.05, 4.69) is 15.9 Å². The number of hydrogen-bond acceptors (Lipinski definition) is 0. The summed E-state index contributed by atoms with van der Waals surface area (Å²) in [7, 11) is 0. The molecule has 0 saturated heterocycles. The predicted molar refractivity (Wildman–Crippen MR) is 29.0 cm³/mol. The van der Waals surface area contributed by atoms with Crippen LogP contribution in [0.3, 0.4) is 0 Å². The Morgan fingerprint density at radius 3 is 1.83 bits per heavy atom. The van der Waals surface area contributed by atoms with Gasteiger partial charge in [0, 0.05) is 4.32 Å². The van der Waals surface area contributed by atoms with Gasteiger partial charge in [0.2, 0.25) is 0 Å². The van der Waals surface area contributed by atoms with Crippen LogP contribution >= 0.6 is 15.9 Å². The highest BCUT2D eigenvalue weighted by Gasteiger charge is 2.09. The molecule has 0 aliphatic rings. The molecule has 0 unspecified atom stereocenters. The minimum Gasteiger partial charge on any atom is -0.250 e. The molecule has 0 aromatic carbocycles. The van der Waals surface area contributed by atoms with Gasteiger partial charge in [-0.3, -0.25) is 0 Å². The Balaban J connectivity index is 3.17. The number of hydrogen-bond donors (Lipinski definition) is 0. The summed E-state index contributed by atoms with van der Waals surface area (Å²) in [5.74, 6) is 0. The fraction of sp³-hybridized carbons (Fsp3) is 1.00. The Morgan fingerprint density at radius 1 is 1.67 bits per heavy atom. The van der Waals surface area contributed by atoms with E-state index in [9.17, 15) is 4.39 Å². The molecule has 0 saturated carbocycles. The van der Waals surface area contributed by atoms with Crippen molar-refractivity contribution in [3.05, 3.63) is 0 Å². The summed E-state index contributed by atoms with van der Waals surface area (Å²) in [5.41, 5.74) is 0. The van der Waals surface area contributed by atoms with E-state index in [4.69, 9.17) is 0 Å². The molecular formula is C4H8BrF. The third-order valence-corrected chi connectivity index (χ3v) is 0.530. The molecule has 0 atom stereocenters. The van der Waals surface area contributed by atoms with Gasteiger partial charge in [-0.15, -0.1) is 0 Å². The van der Waals surface area contributed by atoms with Crippen LogP contribution in [0.4, 0.5) is 4.39 Å². The second-order valence-electron chi connectivity index (χ2n) is 1.85. The van der Waals surface area contributed by atoms with Gasteiger partial charge in [0.05, 0.1) is 0 Å². The van der Waals surface area contributed by atoms with E-state index in [1.807, 2.05) is 0 Å². The van der Waals surface area contributed by atoms with Crippen LogP contribution in [0.2, 0.25) is 0 Å². The summed E-state index contributed by atoms with van der Waals surface area (Å²) in [4.78, 5) is 0. The van der Waals surface area contributed by atoms with Crippen molar-refractivity contribution in [3.63, 3.8) is 0 Å². The molecule has 0 radical (unpaired) electrons. The van der Waals surface area contributed by atoms with Crippen molar-refractivity contribution in [2.45, 2.75) is 18.2 Å². The second kappa shape index (κ2) is 1.92. The van der Waals surface area contributed by atoms with Gasteiger partial charge in [-0.2, -0.15) is 0 Å². The lowest BCUT2D eigenvalue weighted by molar-refractivity contribution is 0.437. The van der Waals surface area contributed by atoms with Crippen LogP contribution in [-0.2, 0) is 0 Å². The fourth-order valence-electron chi connectivity index (χ4n) is 0. The number of alkyl halides is 2. The SMILES string of the molecule is CC(C)(Br)CF. The summed E-state index contributed by atoms with van der Waals surface area (Å²) < 4.78 is 11.1. The van der Waals surface area contributed by atoms with Crippen molar-refractivity contribution in [1.29, 1.82) is 0 Å². The van der Waals surface area contributed by atoms with Crippen molar-refractivity contribution < 1.29 is 4.39 Å². The topological polar surface area (TPSA) is 0 Å². The maximum absolute atomic E-state index is 11.5. The quantitative estimate of drug-likeness (QED) is 0.508. The molecule has 2 heteroatoms. The largest absolute Gasteiger partial charge is 0.250 e. The molecule has 0 heterocycles. The first-order valence-electron chi connectivity index (χ1n) is 1.81. The Bertz CT molecular complexity index is 37.3. The lowest BCUT2D eigenvalue weighted by Gasteiger charge is -2.06. The number of halogens is 2. The smallest absolute Gasteiger partial charge is 0.104 e. The average Bonchev–Trinajstić information content (AvgIpc) is 1.35. The maximum Gasteiger partial charge on any atom is 0.104 e. The Hall–Kier alpha value is 0.410. The number of rotatable bonds is 1. The van der Waals surface area contributed by atoms with Gasteiger partial charge in [-0.25, -0.2) is 4.39 Å². The Labute approximate surface area is 45.9 Å². The minimum atomic E-state index is -0.312. The van der Waals surface area contributed by atoms with Crippen LogP contribution in [0, 0.1) is 0 Å². The van der Waals surface area contributed by atoms with E-state index in [0.717, 1.165) is 0 Å². The molecule has 0 amide bonds. The van der Waals surface area contributed by atoms with Crippen molar-refractivity contribution in [1.82, 2.24) is 0 Å². The molecule has 0 aromatic heterocycles. The van der Waals surface area contributed by atoms with E-state index in [-0.39, 0.29) is 11.0 Å². The minimum absolute atomic E-state index is 0.312. The molecule has 0 N–H and O–H groups in total. The van der Waals surface area contributed by atoms with Crippen molar-refractivity contribution >= 4 is 15.9 Å². The van der Waals surface area contributed by atoms with Crippen molar-refractivity contribution in [3.8, 4) is 0 Å². The highest BCUT2D eigenvalue weighted by molar-refractivity contribution is 9.10. The molecule has 0 fully saturated rings. The zero-order valence-electron chi connectivity index (χ0n) is 3.96. The normalized spacial score (nSPS) is 12.0. The van der Waals surface area contributed by atoms with Gasteiger partial charge in [0.15, 0.2) is 0 Å². The third-order valence-electron chi connectivity index (χ3n) is 0.318. The fourth-order valence-corrected chi connectivity index (χ4v) is 0. The van der Waals surface area contributed by atoms with Gasteiger partial charge < -0.3 is 0 Å². The van der Waals surface area contributed by atoms with Gasteiger partial charge in [-0.05, 0) is 13.8 Å². The summed E-state index contributed by atoms with van der Waals surface area (Å²) in [6, 6.07) is 0. The zero-order chi connectivity index (χ0) is 5.21. The van der Waals surface area contributed by atoms with Crippen LogP contribution in [0.25, 0.3) is 0 Å². The highest BCUT2D eigenvalue weighted by Crippen LogP contribution is 2.14. The molecule has 38 valence electrons. The lowest BCUT2D eigenvalue weighted by Crippen LogP contribution is -2.10. The van der Waals surface area contributed by atoms with Crippen LogP contribution in [0.5, 0.6) is 0 Å². The summed E-state index contributed by atoms with van der Waals surface area (Å²) in [6.45, 7) is 3.26. The summed E-state index contributed by atoms with van der Waals surface area (Å²) >= 11 is 3.10. The average molecular weight is 155 g/mol. The zero-order valence-corrected chi connectivity index (χ0v) is 5.55. The molecule has 0 spiro atoms. The molecule has 0 bridgehead atoms. The van der Waals surface area contributed by atoms with Crippen molar-refractivity contribution in [2.24, 2.45) is 0 Å². The Kier molecular flexibility index (Phi) is 2.05. The van der Waals surface area contributed by atoms with Gasteiger partial charge in [0.1, 0.15) is 6.67 Å². The maximum atomic E-state index is 11.5. The third kappa shape index (κ3) is 4.41. The van der Waals surface area contributed by atoms with E-state index >= 15 is 0 Å². The molecular weight excluding hydrogens is 147 g/mol. The van der Waals surface area contributed by atoms with E-state index in [1.165, 1.54) is 0 Å². The van der Waals surface area contributed by atoms with E-state index in [0.29, 0.717) is 0 Å². The molecule has 0 nitrogen and oxygen atoms in total. The molecule has 0 aliphatic carbocycles.